The molecule has 3 aromatic heterocycles. The van der Waals surface area contributed by atoms with Crippen molar-refractivity contribution in [2.24, 2.45) is 0 Å². The number of aromatic nitrogens is 2. The van der Waals surface area contributed by atoms with Gasteiger partial charge in [0.1, 0.15) is 9.71 Å². The first kappa shape index (κ1) is 19.3. The van der Waals surface area contributed by atoms with Crippen LogP contribution in [0.25, 0.3) is 10.2 Å². The predicted molar refractivity (Wildman–Crippen MR) is 114 cm³/mol. The number of thiophene rings is 1. The molecule has 1 aliphatic rings. The van der Waals surface area contributed by atoms with Crippen LogP contribution in [0.2, 0.25) is 0 Å². The first-order chi connectivity index (χ1) is 14.0. The highest BCUT2D eigenvalue weighted by molar-refractivity contribution is 7.21. The monoisotopic (exact) mass is 409 g/mol. The number of nitrogens with two attached hydrogens (primary N) is 1. The van der Waals surface area contributed by atoms with Crippen LogP contribution >= 0.6 is 11.3 Å². The van der Waals surface area contributed by atoms with E-state index in [1.54, 1.807) is 38.6 Å². The zero-order chi connectivity index (χ0) is 20.5. The molecule has 0 aliphatic carbocycles. The lowest BCUT2D eigenvalue weighted by atomic mass is 9.97. The van der Waals surface area contributed by atoms with Gasteiger partial charge in [-0.25, -0.2) is 4.98 Å². The maximum Gasteiger partial charge on any atom is 0.265 e. The SMILES string of the molecule is CN(C)C(=O)c1sc2nc(C3CCCCN3C(=O)c3cccnc3)ccc2c1N. The third-order valence-corrected chi connectivity index (χ3v) is 6.33. The number of nitrogens with zero attached hydrogens (tertiary/aromatic N) is 4. The van der Waals surface area contributed by atoms with Crippen molar-refractivity contribution < 1.29 is 9.59 Å². The Hall–Kier alpha value is -3.00. The summed E-state index contributed by atoms with van der Waals surface area (Å²) in [6, 6.07) is 7.30. The number of hydrogen-bond donors (Lipinski definition) is 1. The van der Waals surface area contributed by atoms with E-state index < -0.39 is 0 Å². The number of pyridine rings is 2. The minimum Gasteiger partial charge on any atom is -0.397 e. The number of nitrogen functional groups attached to an aromatic ring is 1. The molecule has 3 aromatic rings. The van der Waals surface area contributed by atoms with E-state index in [0.29, 0.717) is 22.7 Å². The molecule has 4 rings (SSSR count). The van der Waals surface area contributed by atoms with E-state index >= 15 is 0 Å². The van der Waals surface area contributed by atoms with E-state index in [9.17, 15) is 9.59 Å². The molecule has 1 atom stereocenters. The van der Waals surface area contributed by atoms with Gasteiger partial charge >= 0.3 is 0 Å². The van der Waals surface area contributed by atoms with E-state index in [0.717, 1.165) is 35.2 Å². The van der Waals surface area contributed by atoms with Crippen molar-refractivity contribution in [1.82, 2.24) is 19.8 Å². The standard InChI is InChI=1S/C21H23N5O2S/c1-25(2)21(28)18-17(22)14-8-9-15(24-19(14)29-18)16-7-3-4-11-26(16)20(27)13-6-5-10-23-12-13/h5-6,8-10,12,16H,3-4,7,11,22H2,1-2H3. The number of fused-ring (bicyclic) bond motifs is 1. The van der Waals surface area contributed by atoms with Crippen LogP contribution in [-0.2, 0) is 0 Å². The molecule has 2 N–H and O–H groups in total. The van der Waals surface area contributed by atoms with E-state index in [1.165, 1.54) is 16.2 Å². The number of likely N-dealkylation sites (tertiary alicyclic amines) is 1. The van der Waals surface area contributed by atoms with Crippen molar-refractivity contribution >= 4 is 39.1 Å². The summed E-state index contributed by atoms with van der Waals surface area (Å²) >= 11 is 1.30. The molecular weight excluding hydrogens is 386 g/mol. The maximum atomic E-state index is 13.1. The highest BCUT2D eigenvalue weighted by Gasteiger charge is 2.30. The van der Waals surface area contributed by atoms with Gasteiger partial charge in [-0.3, -0.25) is 14.6 Å². The molecule has 0 bridgehead atoms. The largest absolute Gasteiger partial charge is 0.397 e. The third kappa shape index (κ3) is 3.55. The Morgan fingerprint density at radius 2 is 2.07 bits per heavy atom. The molecule has 0 saturated carbocycles. The lowest BCUT2D eigenvalue weighted by molar-refractivity contribution is 0.0606. The van der Waals surface area contributed by atoms with E-state index in [2.05, 4.69) is 4.98 Å². The van der Waals surface area contributed by atoms with Crippen molar-refractivity contribution in [3.63, 3.8) is 0 Å². The van der Waals surface area contributed by atoms with Gasteiger partial charge in [0.05, 0.1) is 23.0 Å². The molecule has 1 aliphatic heterocycles. The molecule has 8 heteroatoms. The second kappa shape index (κ2) is 7.79. The summed E-state index contributed by atoms with van der Waals surface area (Å²) in [5, 5.41) is 0.782. The van der Waals surface area contributed by atoms with Gasteiger partial charge in [-0.2, -0.15) is 0 Å². The summed E-state index contributed by atoms with van der Waals surface area (Å²) < 4.78 is 0. The number of amides is 2. The Morgan fingerprint density at radius 3 is 2.79 bits per heavy atom. The number of anilines is 1. The topological polar surface area (TPSA) is 92.4 Å². The molecule has 0 radical (unpaired) electrons. The van der Waals surface area contributed by atoms with E-state index in [1.807, 2.05) is 17.0 Å². The second-order valence-corrected chi connectivity index (χ2v) is 8.38. The molecule has 0 aromatic carbocycles. The third-order valence-electron chi connectivity index (χ3n) is 5.23. The zero-order valence-electron chi connectivity index (χ0n) is 16.5. The van der Waals surface area contributed by atoms with Crippen molar-refractivity contribution in [2.45, 2.75) is 25.3 Å². The summed E-state index contributed by atoms with van der Waals surface area (Å²) in [6.07, 6.45) is 6.13. The van der Waals surface area contributed by atoms with Gasteiger partial charge in [-0.05, 0) is 43.5 Å². The van der Waals surface area contributed by atoms with Crippen LogP contribution in [0.1, 0.15) is 51.0 Å². The quantitative estimate of drug-likeness (QED) is 0.716. The second-order valence-electron chi connectivity index (χ2n) is 7.39. The number of carbonyl (C=O) groups is 2. The summed E-state index contributed by atoms with van der Waals surface area (Å²) in [5.41, 5.74) is 8.09. The van der Waals surface area contributed by atoms with Crippen molar-refractivity contribution in [1.29, 1.82) is 0 Å². The Morgan fingerprint density at radius 1 is 1.24 bits per heavy atom. The van der Waals surface area contributed by atoms with Gasteiger partial charge in [0, 0.05) is 38.4 Å². The summed E-state index contributed by atoms with van der Waals surface area (Å²) in [4.78, 5) is 39.0. The van der Waals surface area contributed by atoms with Gasteiger partial charge in [0.15, 0.2) is 0 Å². The fraction of sp³-hybridized carbons (Fsp3) is 0.333. The summed E-state index contributed by atoms with van der Waals surface area (Å²) in [7, 11) is 3.41. The first-order valence-electron chi connectivity index (χ1n) is 9.59. The minimum absolute atomic E-state index is 0.0288. The molecule has 1 fully saturated rings. The lowest BCUT2D eigenvalue weighted by Gasteiger charge is -2.35. The van der Waals surface area contributed by atoms with Crippen molar-refractivity contribution in [3.05, 3.63) is 52.8 Å². The van der Waals surface area contributed by atoms with Crippen LogP contribution in [-0.4, -0.2) is 52.2 Å². The Labute approximate surface area is 173 Å². The summed E-state index contributed by atoms with van der Waals surface area (Å²) in [6.45, 7) is 0.690. The molecule has 150 valence electrons. The Bertz CT molecular complexity index is 1060. The van der Waals surface area contributed by atoms with Gasteiger partial charge in [-0.1, -0.05) is 0 Å². The Kier molecular flexibility index (Phi) is 5.19. The number of rotatable bonds is 3. The van der Waals surface area contributed by atoms with E-state index in [-0.39, 0.29) is 17.9 Å². The molecule has 1 unspecified atom stereocenters. The van der Waals surface area contributed by atoms with Gasteiger partial charge in [0.2, 0.25) is 0 Å². The smallest absolute Gasteiger partial charge is 0.265 e. The Balaban J connectivity index is 1.70. The van der Waals surface area contributed by atoms with Crippen LogP contribution in [0.3, 0.4) is 0 Å². The number of carbonyl (C=O) groups excluding carboxylic acids is 2. The number of hydrogen-bond acceptors (Lipinski definition) is 6. The normalized spacial score (nSPS) is 16.8. The van der Waals surface area contributed by atoms with Gasteiger partial charge in [0.25, 0.3) is 11.8 Å². The highest BCUT2D eigenvalue weighted by Crippen LogP contribution is 2.37. The molecule has 4 heterocycles. The zero-order valence-corrected chi connectivity index (χ0v) is 17.3. The van der Waals surface area contributed by atoms with Crippen LogP contribution in [0.15, 0.2) is 36.7 Å². The first-order valence-corrected chi connectivity index (χ1v) is 10.4. The van der Waals surface area contributed by atoms with Crippen LogP contribution in [0.5, 0.6) is 0 Å². The molecule has 0 spiro atoms. The fourth-order valence-corrected chi connectivity index (χ4v) is 4.82. The molecule has 29 heavy (non-hydrogen) atoms. The molecule has 1 saturated heterocycles. The highest BCUT2D eigenvalue weighted by atomic mass is 32.1. The molecule has 2 amide bonds. The average Bonchev–Trinajstić information content (AvgIpc) is 3.09. The lowest BCUT2D eigenvalue weighted by Crippen LogP contribution is -2.38. The van der Waals surface area contributed by atoms with Crippen LogP contribution in [0.4, 0.5) is 5.69 Å². The molecule has 7 nitrogen and oxygen atoms in total. The van der Waals surface area contributed by atoms with E-state index in [4.69, 9.17) is 10.7 Å². The van der Waals surface area contributed by atoms with Crippen molar-refractivity contribution in [2.75, 3.05) is 26.4 Å². The average molecular weight is 410 g/mol. The van der Waals surface area contributed by atoms with Crippen LogP contribution < -0.4 is 5.73 Å². The predicted octanol–water partition coefficient (Wildman–Crippen LogP) is 3.34. The van der Waals surface area contributed by atoms with Gasteiger partial charge < -0.3 is 15.5 Å². The fourth-order valence-electron chi connectivity index (χ4n) is 3.70. The minimum atomic E-state index is -0.127. The maximum absolute atomic E-state index is 13.1. The van der Waals surface area contributed by atoms with Gasteiger partial charge in [-0.15, -0.1) is 11.3 Å². The summed E-state index contributed by atoms with van der Waals surface area (Å²) in [5.74, 6) is -0.156. The number of piperidine rings is 1. The molecular formula is C21H23N5O2S. The van der Waals surface area contributed by atoms with Crippen molar-refractivity contribution in [3.8, 4) is 0 Å². The van der Waals surface area contributed by atoms with Crippen LogP contribution in [0, 0.1) is 0 Å².